The van der Waals surface area contributed by atoms with E-state index in [0.717, 1.165) is 24.5 Å². The van der Waals surface area contributed by atoms with Gasteiger partial charge in [0.15, 0.2) is 0 Å². The van der Waals surface area contributed by atoms with Crippen molar-refractivity contribution in [1.29, 1.82) is 0 Å². The van der Waals surface area contributed by atoms with Crippen molar-refractivity contribution >= 4 is 0 Å². The van der Waals surface area contributed by atoms with Gasteiger partial charge in [0.25, 0.3) is 0 Å². The Bertz CT molecular complexity index is 932. The summed E-state index contributed by atoms with van der Waals surface area (Å²) in [6.07, 6.45) is 9.04. The molecule has 0 spiro atoms. The summed E-state index contributed by atoms with van der Waals surface area (Å²) in [7, 11) is 2.00. The number of hydrogen-bond acceptors (Lipinski definition) is 5. The summed E-state index contributed by atoms with van der Waals surface area (Å²) >= 11 is 0. The van der Waals surface area contributed by atoms with Crippen molar-refractivity contribution in [2.45, 2.75) is 95.4 Å². The first-order valence-corrected chi connectivity index (χ1v) is 14.6. The molecule has 5 nitrogen and oxygen atoms in total. The van der Waals surface area contributed by atoms with Gasteiger partial charge in [-0.25, -0.2) is 0 Å². The first kappa shape index (κ1) is 27.8. The molecule has 2 heterocycles. The Hall–Kier alpha value is -2.24. The van der Waals surface area contributed by atoms with Crippen LogP contribution in [0.4, 0.5) is 0 Å². The van der Waals surface area contributed by atoms with E-state index in [1.165, 1.54) is 62.8 Å². The minimum atomic E-state index is -0.204. The van der Waals surface area contributed by atoms with Crippen LogP contribution in [0, 0.1) is 5.92 Å². The fourth-order valence-corrected chi connectivity index (χ4v) is 6.66. The van der Waals surface area contributed by atoms with Gasteiger partial charge < -0.3 is 20.9 Å². The Morgan fingerprint density at radius 1 is 0.973 bits per heavy atom. The summed E-state index contributed by atoms with van der Waals surface area (Å²) in [5, 5.41) is 11.1. The quantitative estimate of drug-likeness (QED) is 0.378. The van der Waals surface area contributed by atoms with Crippen molar-refractivity contribution in [3.8, 4) is 0 Å². The van der Waals surface area contributed by atoms with E-state index in [1.54, 1.807) is 0 Å². The van der Waals surface area contributed by atoms with E-state index in [9.17, 15) is 0 Å². The number of hydrogen-bond donors (Lipinski definition) is 3. The monoisotopic (exact) mass is 505 g/mol. The smallest absolute Gasteiger partial charge is 0.0807 e. The molecule has 3 fully saturated rings. The van der Waals surface area contributed by atoms with Crippen LogP contribution in [0.1, 0.15) is 71.3 Å². The third kappa shape index (κ3) is 6.43. The lowest BCUT2D eigenvalue weighted by Gasteiger charge is -2.50. The molecule has 1 unspecified atom stereocenters. The lowest BCUT2D eigenvalue weighted by atomic mass is 9.81. The molecule has 4 rings (SSSR count). The number of benzene rings is 1. The van der Waals surface area contributed by atoms with Crippen LogP contribution in [0.15, 0.2) is 67.2 Å². The van der Waals surface area contributed by atoms with Crippen LogP contribution < -0.4 is 16.0 Å². The summed E-state index contributed by atoms with van der Waals surface area (Å²) < 4.78 is 0. The number of likely N-dealkylation sites (N-methyl/N-ethyl adjacent to an activating group) is 1. The van der Waals surface area contributed by atoms with Gasteiger partial charge in [0.1, 0.15) is 0 Å². The molecule has 0 bridgehead atoms. The molecular formula is C32H51N5. The molecule has 3 N–H and O–H groups in total. The van der Waals surface area contributed by atoms with E-state index in [0.29, 0.717) is 12.0 Å². The minimum Gasteiger partial charge on any atom is -0.379 e. The SMILES string of the molecule is C=C(NC(C(=C)N1C[C@H]2CCCN2C[C@H]1C(=C)NC(C)(C)c1ccccc1)C1CCCCC1)[C@H](C)NC. The third-order valence-electron chi connectivity index (χ3n) is 9.21. The van der Waals surface area contributed by atoms with E-state index in [1.807, 2.05) is 7.05 Å². The minimum absolute atomic E-state index is 0.188. The van der Waals surface area contributed by atoms with Crippen LogP contribution in [0.25, 0.3) is 0 Å². The van der Waals surface area contributed by atoms with Crippen LogP contribution in [0.2, 0.25) is 0 Å². The average Bonchev–Trinajstić information content (AvgIpc) is 3.38. The maximum atomic E-state index is 4.81. The summed E-state index contributed by atoms with van der Waals surface area (Å²) in [5.41, 5.74) is 4.43. The molecule has 0 radical (unpaired) electrons. The van der Waals surface area contributed by atoms with Gasteiger partial charge in [0.05, 0.1) is 17.6 Å². The summed E-state index contributed by atoms with van der Waals surface area (Å²) in [4.78, 5) is 5.29. The maximum absolute atomic E-state index is 4.81. The Morgan fingerprint density at radius 3 is 2.35 bits per heavy atom. The number of nitrogens with zero attached hydrogens (tertiary/aromatic N) is 2. The number of nitrogens with one attached hydrogen (secondary N) is 3. The standard InChI is InChI=1S/C32H51N5/c1-23(33-7)24(2)34-31(27-15-10-8-11-16-27)26(4)37-21-29-19-14-20-36(29)22-30(37)25(3)35-32(5,6)28-17-12-9-13-18-28/h9,12-13,17-18,23,27,29-31,33-35H,2-4,8,10-11,14-16,19-22H2,1,5-7H3/t23-,29+,30-,31?/m0/s1. The van der Waals surface area contributed by atoms with Crippen molar-refractivity contribution < 1.29 is 0 Å². The van der Waals surface area contributed by atoms with E-state index in [-0.39, 0.29) is 23.7 Å². The average molecular weight is 506 g/mol. The van der Waals surface area contributed by atoms with Crippen LogP contribution in [-0.2, 0) is 5.54 Å². The van der Waals surface area contributed by atoms with Crippen LogP contribution in [-0.4, -0.2) is 60.6 Å². The van der Waals surface area contributed by atoms with Crippen molar-refractivity contribution in [3.63, 3.8) is 0 Å². The van der Waals surface area contributed by atoms with Gasteiger partial charge in [-0.15, -0.1) is 0 Å². The molecule has 2 saturated heterocycles. The largest absolute Gasteiger partial charge is 0.379 e. The zero-order chi connectivity index (χ0) is 26.6. The highest BCUT2D eigenvalue weighted by Crippen LogP contribution is 2.36. The fourth-order valence-electron chi connectivity index (χ4n) is 6.66. The molecule has 0 aromatic heterocycles. The molecule has 1 aromatic carbocycles. The second-order valence-corrected chi connectivity index (χ2v) is 12.1. The van der Waals surface area contributed by atoms with Gasteiger partial charge in [-0.1, -0.05) is 69.3 Å². The van der Waals surface area contributed by atoms with E-state index in [4.69, 9.17) is 6.58 Å². The predicted octanol–water partition coefficient (Wildman–Crippen LogP) is 5.35. The first-order valence-electron chi connectivity index (χ1n) is 14.6. The number of piperazine rings is 1. The van der Waals surface area contributed by atoms with Crippen LogP contribution >= 0.6 is 0 Å². The highest BCUT2D eigenvalue weighted by Gasteiger charge is 2.41. The van der Waals surface area contributed by atoms with E-state index in [2.05, 4.69) is 90.0 Å². The van der Waals surface area contributed by atoms with Crippen molar-refractivity contribution in [3.05, 3.63) is 72.7 Å². The highest BCUT2D eigenvalue weighted by molar-refractivity contribution is 5.27. The zero-order valence-electron chi connectivity index (χ0n) is 23.9. The number of fused-ring (bicyclic) bond motifs is 1. The molecule has 2 aliphatic heterocycles. The topological polar surface area (TPSA) is 42.6 Å². The molecule has 37 heavy (non-hydrogen) atoms. The molecular weight excluding hydrogens is 454 g/mol. The Kier molecular flexibility index (Phi) is 9.07. The fraction of sp³-hybridized carbons (Fsp3) is 0.625. The first-order chi connectivity index (χ1) is 17.7. The number of rotatable bonds is 11. The van der Waals surface area contributed by atoms with Gasteiger partial charge in [0, 0.05) is 42.3 Å². The van der Waals surface area contributed by atoms with Crippen LogP contribution in [0.5, 0.6) is 0 Å². The van der Waals surface area contributed by atoms with Crippen molar-refractivity contribution in [2.75, 3.05) is 26.7 Å². The molecule has 0 amide bonds. The Labute approximate surface area is 226 Å². The van der Waals surface area contributed by atoms with Crippen molar-refractivity contribution in [1.82, 2.24) is 25.8 Å². The molecule has 1 saturated carbocycles. The highest BCUT2D eigenvalue weighted by atomic mass is 15.3. The van der Waals surface area contributed by atoms with E-state index >= 15 is 0 Å². The molecule has 3 aliphatic rings. The molecule has 1 aromatic rings. The summed E-state index contributed by atoms with van der Waals surface area (Å²) in [6.45, 7) is 23.8. The van der Waals surface area contributed by atoms with Gasteiger partial charge in [-0.05, 0) is 71.5 Å². The lowest BCUT2D eigenvalue weighted by molar-refractivity contribution is 0.0763. The zero-order valence-corrected chi connectivity index (χ0v) is 23.9. The summed E-state index contributed by atoms with van der Waals surface area (Å²) in [6, 6.07) is 11.9. The van der Waals surface area contributed by atoms with Gasteiger partial charge in [0.2, 0.25) is 0 Å². The van der Waals surface area contributed by atoms with Gasteiger partial charge in [-0.2, -0.15) is 0 Å². The Morgan fingerprint density at radius 2 is 1.68 bits per heavy atom. The second-order valence-electron chi connectivity index (χ2n) is 12.1. The Balaban J connectivity index is 1.59. The van der Waals surface area contributed by atoms with Gasteiger partial charge >= 0.3 is 0 Å². The molecule has 4 atom stereocenters. The van der Waals surface area contributed by atoms with E-state index < -0.39 is 0 Å². The maximum Gasteiger partial charge on any atom is 0.0807 e. The second kappa shape index (κ2) is 12.1. The predicted molar refractivity (Wildman–Crippen MR) is 157 cm³/mol. The molecule has 204 valence electrons. The molecule has 5 heteroatoms. The third-order valence-corrected chi connectivity index (χ3v) is 9.21. The molecule has 1 aliphatic carbocycles. The van der Waals surface area contributed by atoms with Gasteiger partial charge in [-0.3, -0.25) is 4.90 Å². The summed E-state index contributed by atoms with van der Waals surface area (Å²) in [5.74, 6) is 0.589. The normalized spacial score (nSPS) is 24.7. The lowest BCUT2D eigenvalue weighted by Crippen LogP contribution is -2.60. The van der Waals surface area contributed by atoms with Crippen LogP contribution in [0.3, 0.4) is 0 Å². The van der Waals surface area contributed by atoms with Crippen molar-refractivity contribution in [2.24, 2.45) is 5.92 Å².